The summed E-state index contributed by atoms with van der Waals surface area (Å²) in [6.45, 7) is 4.25. The third kappa shape index (κ3) is 6.42. The molecule has 1 spiro atoms. The average Bonchev–Trinajstić information content (AvgIpc) is 3.66. The van der Waals surface area contributed by atoms with Crippen LogP contribution in [-0.2, 0) is 16.1 Å². The molecule has 1 atom stereocenters. The Hall–Kier alpha value is -2.44. The topological polar surface area (TPSA) is 52.7 Å². The molecule has 0 unspecified atom stereocenters. The van der Waals surface area contributed by atoms with E-state index in [0.717, 1.165) is 63.8 Å². The summed E-state index contributed by atoms with van der Waals surface area (Å²) in [5.74, 6) is 0.364. The highest BCUT2D eigenvalue weighted by Crippen LogP contribution is 2.41. The van der Waals surface area contributed by atoms with Crippen LogP contribution in [0, 0.1) is 17.2 Å². The predicted molar refractivity (Wildman–Crippen MR) is 136 cm³/mol. The number of rotatable bonds is 8. The lowest BCUT2D eigenvalue weighted by atomic mass is 9.77. The molecule has 2 saturated heterocycles. The van der Waals surface area contributed by atoms with Gasteiger partial charge in [-0.15, -0.1) is 12.4 Å². The number of carbonyl (C=O) groups is 2. The molecule has 2 aromatic carbocycles. The van der Waals surface area contributed by atoms with Crippen LogP contribution in [0.1, 0.15) is 55.7 Å². The van der Waals surface area contributed by atoms with Gasteiger partial charge in [0.25, 0.3) is 0 Å². The molecule has 3 aliphatic rings. The number of halogens is 2. The van der Waals surface area contributed by atoms with Crippen LogP contribution in [0.2, 0.25) is 0 Å². The zero-order valence-corrected chi connectivity index (χ0v) is 20.9. The molecule has 35 heavy (non-hydrogen) atoms. The van der Waals surface area contributed by atoms with E-state index < -0.39 is 0 Å². The molecular formula is C28H35ClFN3O2. The summed E-state index contributed by atoms with van der Waals surface area (Å²) in [7, 11) is 0. The van der Waals surface area contributed by atoms with Crippen molar-refractivity contribution in [3.8, 4) is 0 Å². The molecule has 2 aliphatic heterocycles. The second-order valence-corrected chi connectivity index (χ2v) is 10.4. The monoisotopic (exact) mass is 499 g/mol. The molecule has 0 aromatic heterocycles. The van der Waals surface area contributed by atoms with Gasteiger partial charge in [-0.05, 0) is 73.9 Å². The first-order valence-corrected chi connectivity index (χ1v) is 12.6. The third-order valence-electron chi connectivity index (χ3n) is 7.81. The van der Waals surface area contributed by atoms with Crippen LogP contribution < -0.4 is 5.32 Å². The third-order valence-corrected chi connectivity index (χ3v) is 7.81. The van der Waals surface area contributed by atoms with Crippen molar-refractivity contribution in [3.05, 3.63) is 71.5 Å². The molecule has 3 fully saturated rings. The van der Waals surface area contributed by atoms with Crippen molar-refractivity contribution >= 4 is 24.2 Å². The van der Waals surface area contributed by atoms with Crippen LogP contribution in [0.5, 0.6) is 0 Å². The van der Waals surface area contributed by atoms with E-state index in [2.05, 4.69) is 22.3 Å². The van der Waals surface area contributed by atoms with E-state index in [1.807, 2.05) is 23.1 Å². The fourth-order valence-corrected chi connectivity index (χ4v) is 5.48. The van der Waals surface area contributed by atoms with Gasteiger partial charge in [0.1, 0.15) is 5.82 Å². The Labute approximate surface area is 213 Å². The van der Waals surface area contributed by atoms with Crippen molar-refractivity contribution in [2.24, 2.45) is 11.3 Å². The molecule has 188 valence electrons. The zero-order valence-electron chi connectivity index (χ0n) is 20.1. The Balaban J connectivity index is 0.00000289. The van der Waals surface area contributed by atoms with Crippen LogP contribution in [0.4, 0.5) is 4.39 Å². The highest BCUT2D eigenvalue weighted by atomic mass is 35.5. The minimum absolute atomic E-state index is 0. The average molecular weight is 500 g/mol. The Morgan fingerprint density at radius 2 is 1.74 bits per heavy atom. The summed E-state index contributed by atoms with van der Waals surface area (Å²) >= 11 is 0. The molecule has 5 rings (SSSR count). The minimum atomic E-state index is -0.248. The largest absolute Gasteiger partial charge is 0.349 e. The maximum absolute atomic E-state index is 13.2. The van der Waals surface area contributed by atoms with Gasteiger partial charge in [-0.25, -0.2) is 4.39 Å². The van der Waals surface area contributed by atoms with Gasteiger partial charge in [0, 0.05) is 32.0 Å². The van der Waals surface area contributed by atoms with Gasteiger partial charge in [0.2, 0.25) is 11.8 Å². The van der Waals surface area contributed by atoms with Gasteiger partial charge >= 0.3 is 0 Å². The van der Waals surface area contributed by atoms with Crippen molar-refractivity contribution in [1.82, 2.24) is 15.1 Å². The Kier molecular flexibility index (Phi) is 8.12. The summed E-state index contributed by atoms with van der Waals surface area (Å²) in [6, 6.07) is 16.8. The van der Waals surface area contributed by atoms with Gasteiger partial charge in [-0.3, -0.25) is 9.59 Å². The van der Waals surface area contributed by atoms with E-state index in [9.17, 15) is 14.0 Å². The molecular weight excluding hydrogens is 465 g/mol. The normalized spacial score (nSPS) is 20.5. The fraction of sp³-hybridized carbons (Fsp3) is 0.500. The maximum Gasteiger partial charge on any atom is 0.223 e. The highest BCUT2D eigenvalue weighted by molar-refractivity contribution is 5.85. The molecule has 7 heteroatoms. The Morgan fingerprint density at radius 3 is 2.40 bits per heavy atom. The number of nitrogens with zero attached hydrogens (tertiary/aromatic N) is 2. The van der Waals surface area contributed by atoms with E-state index in [-0.39, 0.29) is 47.4 Å². The molecule has 2 amide bonds. The van der Waals surface area contributed by atoms with Crippen molar-refractivity contribution in [3.63, 3.8) is 0 Å². The lowest BCUT2D eigenvalue weighted by Gasteiger charge is -2.39. The quantitative estimate of drug-likeness (QED) is 0.572. The van der Waals surface area contributed by atoms with Gasteiger partial charge in [-0.2, -0.15) is 0 Å². The number of hydrogen-bond donors (Lipinski definition) is 1. The number of piperidine rings is 1. The van der Waals surface area contributed by atoms with Crippen LogP contribution in [-0.4, -0.2) is 47.8 Å². The number of amides is 2. The molecule has 0 radical (unpaired) electrons. The zero-order chi connectivity index (χ0) is 23.5. The Morgan fingerprint density at radius 1 is 1.06 bits per heavy atom. The van der Waals surface area contributed by atoms with E-state index in [4.69, 9.17) is 0 Å². The maximum atomic E-state index is 13.2. The smallest absolute Gasteiger partial charge is 0.223 e. The summed E-state index contributed by atoms with van der Waals surface area (Å²) in [6.07, 6.45) is 5.57. The molecule has 5 nitrogen and oxygen atoms in total. The number of likely N-dealkylation sites (tertiary alicyclic amines) is 2. The highest BCUT2D eigenvalue weighted by Gasteiger charge is 2.44. The van der Waals surface area contributed by atoms with Crippen molar-refractivity contribution in [2.45, 2.75) is 51.1 Å². The minimum Gasteiger partial charge on any atom is -0.349 e. The van der Waals surface area contributed by atoms with Crippen LogP contribution in [0.15, 0.2) is 54.6 Å². The van der Waals surface area contributed by atoms with Gasteiger partial charge < -0.3 is 15.1 Å². The van der Waals surface area contributed by atoms with Crippen molar-refractivity contribution in [1.29, 1.82) is 0 Å². The second kappa shape index (κ2) is 11.1. The first-order chi connectivity index (χ1) is 16.5. The van der Waals surface area contributed by atoms with Crippen molar-refractivity contribution < 1.29 is 14.0 Å². The number of hydrogen-bond acceptors (Lipinski definition) is 3. The molecule has 1 saturated carbocycles. The van der Waals surface area contributed by atoms with E-state index in [0.29, 0.717) is 13.0 Å². The van der Waals surface area contributed by atoms with Crippen LogP contribution >= 0.6 is 12.4 Å². The standard InChI is InChI=1S/C28H34FN3O2.ClH/c29-24-10-6-21(7-11-24)19-32-20-28(18-26(32)33)13-16-31(17-14-28)15-12-25(22-4-2-1-3-5-22)30-27(34)23-8-9-23;/h1-7,10-11,23,25H,8-9,12-20H2,(H,30,34);1H/t25-;/m0./s1. The fourth-order valence-electron chi connectivity index (χ4n) is 5.48. The van der Waals surface area contributed by atoms with Crippen LogP contribution in [0.25, 0.3) is 0 Å². The number of benzene rings is 2. The van der Waals surface area contributed by atoms with Gasteiger partial charge in [0.15, 0.2) is 0 Å². The van der Waals surface area contributed by atoms with E-state index >= 15 is 0 Å². The molecule has 1 aliphatic carbocycles. The molecule has 2 aromatic rings. The van der Waals surface area contributed by atoms with E-state index in [1.54, 1.807) is 12.1 Å². The summed E-state index contributed by atoms with van der Waals surface area (Å²) < 4.78 is 13.2. The summed E-state index contributed by atoms with van der Waals surface area (Å²) in [4.78, 5) is 29.6. The first-order valence-electron chi connectivity index (χ1n) is 12.6. The SMILES string of the molecule is Cl.O=C(N[C@@H](CCN1CCC2(CC1)CC(=O)N(Cc1ccc(F)cc1)C2)c1ccccc1)C1CC1. The summed E-state index contributed by atoms with van der Waals surface area (Å²) in [5, 5.41) is 3.28. The summed E-state index contributed by atoms with van der Waals surface area (Å²) in [5.41, 5.74) is 2.21. The second-order valence-electron chi connectivity index (χ2n) is 10.4. The number of nitrogens with one attached hydrogen (secondary N) is 1. The predicted octanol–water partition coefficient (Wildman–Crippen LogP) is 4.72. The lowest BCUT2D eigenvalue weighted by Crippen LogP contribution is -2.42. The van der Waals surface area contributed by atoms with Gasteiger partial charge in [-0.1, -0.05) is 42.5 Å². The number of carbonyl (C=O) groups excluding carboxylic acids is 2. The molecule has 0 bridgehead atoms. The van der Waals surface area contributed by atoms with Crippen LogP contribution in [0.3, 0.4) is 0 Å². The van der Waals surface area contributed by atoms with Gasteiger partial charge in [0.05, 0.1) is 6.04 Å². The van der Waals surface area contributed by atoms with Crippen molar-refractivity contribution in [2.75, 3.05) is 26.2 Å². The Bertz CT molecular complexity index is 1000. The van der Waals surface area contributed by atoms with E-state index in [1.165, 1.54) is 17.7 Å². The first kappa shape index (κ1) is 25.6. The molecule has 1 N–H and O–H groups in total. The lowest BCUT2D eigenvalue weighted by molar-refractivity contribution is -0.128. The molecule has 2 heterocycles.